The zero-order valence-electron chi connectivity index (χ0n) is 12.5. The molecule has 1 aromatic heterocycles. The Kier molecular flexibility index (Phi) is 4.98. The summed E-state index contributed by atoms with van der Waals surface area (Å²) in [6.07, 6.45) is 2.39. The second kappa shape index (κ2) is 6.74. The number of amides is 1. The fraction of sp³-hybridized carbons (Fsp3) is 0.438. The third-order valence-corrected chi connectivity index (χ3v) is 3.68. The predicted molar refractivity (Wildman–Crippen MR) is 83.9 cm³/mol. The molecule has 0 radical (unpaired) electrons. The Labute approximate surface area is 124 Å². The average molecular weight is 289 g/mol. The van der Waals surface area contributed by atoms with Gasteiger partial charge in [0.25, 0.3) is 0 Å². The van der Waals surface area contributed by atoms with Crippen LogP contribution in [-0.2, 0) is 11.2 Å². The van der Waals surface area contributed by atoms with E-state index in [0.29, 0.717) is 13.0 Å². The van der Waals surface area contributed by atoms with Crippen molar-refractivity contribution in [1.29, 1.82) is 0 Å². The Balaban J connectivity index is 2.13. The molecule has 1 atom stereocenters. The molecule has 0 saturated carbocycles. The first-order valence-corrected chi connectivity index (χ1v) is 7.26. The van der Waals surface area contributed by atoms with Crippen LogP contribution in [0.2, 0.25) is 0 Å². The minimum Gasteiger partial charge on any atom is -0.395 e. The maximum absolute atomic E-state index is 12.4. The Morgan fingerprint density at radius 3 is 2.76 bits per heavy atom. The van der Waals surface area contributed by atoms with Gasteiger partial charge in [0.2, 0.25) is 5.91 Å². The van der Waals surface area contributed by atoms with Crippen molar-refractivity contribution in [3.63, 3.8) is 0 Å². The van der Waals surface area contributed by atoms with Gasteiger partial charge in [0, 0.05) is 29.7 Å². The van der Waals surface area contributed by atoms with E-state index in [9.17, 15) is 4.79 Å². The number of aliphatic hydroxyl groups excluding tert-OH is 1. The summed E-state index contributed by atoms with van der Waals surface area (Å²) in [5, 5.41) is 10.2. The van der Waals surface area contributed by atoms with Crippen molar-refractivity contribution in [1.82, 2.24) is 9.88 Å². The molecule has 0 aliphatic rings. The Morgan fingerprint density at radius 1 is 1.38 bits per heavy atom. The molecule has 0 spiro atoms. The molecular weight excluding hydrogens is 266 g/mol. The molecule has 5 nitrogen and oxygen atoms in total. The standard InChI is InChI=1S/C16H23N3O2/c1-11(2)19(7-8-20)16(21)14(17)9-12-10-18-15-6-4-3-5-13(12)15/h3-6,10-11,14,18,20H,7-9,17H2,1-2H3. The number of nitrogens with two attached hydrogens (primary N) is 1. The van der Waals surface area contributed by atoms with Crippen LogP contribution in [0.1, 0.15) is 19.4 Å². The normalized spacial score (nSPS) is 12.8. The Bertz CT molecular complexity index is 606. The summed E-state index contributed by atoms with van der Waals surface area (Å²) in [6, 6.07) is 7.39. The number of aliphatic hydroxyl groups is 1. The highest BCUT2D eigenvalue weighted by Gasteiger charge is 2.23. The summed E-state index contributed by atoms with van der Waals surface area (Å²) < 4.78 is 0. The molecule has 0 bridgehead atoms. The minimum absolute atomic E-state index is 0.0265. The van der Waals surface area contributed by atoms with Crippen LogP contribution in [0.3, 0.4) is 0 Å². The number of nitrogens with one attached hydrogen (secondary N) is 1. The van der Waals surface area contributed by atoms with Gasteiger partial charge in [-0.1, -0.05) is 18.2 Å². The first kappa shape index (κ1) is 15.5. The third kappa shape index (κ3) is 3.43. The number of carbonyl (C=O) groups is 1. The van der Waals surface area contributed by atoms with Crippen molar-refractivity contribution in [3.05, 3.63) is 36.0 Å². The van der Waals surface area contributed by atoms with Gasteiger partial charge in [-0.05, 0) is 31.9 Å². The van der Waals surface area contributed by atoms with Gasteiger partial charge in [0.05, 0.1) is 12.6 Å². The van der Waals surface area contributed by atoms with E-state index in [2.05, 4.69) is 4.98 Å². The molecule has 114 valence electrons. The van der Waals surface area contributed by atoms with E-state index in [-0.39, 0.29) is 18.6 Å². The van der Waals surface area contributed by atoms with Crippen molar-refractivity contribution in [3.8, 4) is 0 Å². The van der Waals surface area contributed by atoms with E-state index in [0.717, 1.165) is 16.5 Å². The molecular formula is C16H23N3O2. The SMILES string of the molecule is CC(C)N(CCO)C(=O)C(N)Cc1c[nH]c2ccccc12. The molecule has 1 heterocycles. The maximum atomic E-state index is 12.4. The topological polar surface area (TPSA) is 82.3 Å². The molecule has 2 rings (SSSR count). The number of H-pyrrole nitrogens is 1. The number of hydrogen-bond donors (Lipinski definition) is 3. The number of rotatable bonds is 6. The molecule has 0 aliphatic carbocycles. The van der Waals surface area contributed by atoms with Crippen LogP contribution in [0, 0.1) is 0 Å². The van der Waals surface area contributed by atoms with E-state index in [1.807, 2.05) is 44.3 Å². The van der Waals surface area contributed by atoms with Gasteiger partial charge in [-0.3, -0.25) is 4.79 Å². The zero-order chi connectivity index (χ0) is 15.4. The fourth-order valence-electron chi connectivity index (χ4n) is 2.57. The smallest absolute Gasteiger partial charge is 0.240 e. The second-order valence-electron chi connectivity index (χ2n) is 5.52. The quantitative estimate of drug-likeness (QED) is 0.749. The van der Waals surface area contributed by atoms with E-state index in [1.165, 1.54) is 0 Å². The van der Waals surface area contributed by atoms with Gasteiger partial charge in [-0.2, -0.15) is 0 Å². The van der Waals surface area contributed by atoms with Crippen molar-refractivity contribution in [2.24, 2.45) is 5.73 Å². The van der Waals surface area contributed by atoms with Crippen LogP contribution in [0.15, 0.2) is 30.5 Å². The van der Waals surface area contributed by atoms with Gasteiger partial charge in [0.15, 0.2) is 0 Å². The lowest BCUT2D eigenvalue weighted by Crippen LogP contribution is -2.48. The van der Waals surface area contributed by atoms with Crippen LogP contribution in [0.25, 0.3) is 10.9 Å². The molecule has 21 heavy (non-hydrogen) atoms. The van der Waals surface area contributed by atoms with Gasteiger partial charge in [-0.25, -0.2) is 0 Å². The number of hydrogen-bond acceptors (Lipinski definition) is 3. The van der Waals surface area contributed by atoms with Gasteiger partial charge in [0.1, 0.15) is 0 Å². The number of aromatic nitrogens is 1. The van der Waals surface area contributed by atoms with E-state index >= 15 is 0 Å². The summed E-state index contributed by atoms with van der Waals surface area (Å²) in [5.41, 5.74) is 8.17. The Hall–Kier alpha value is -1.85. The number of para-hydroxylation sites is 1. The predicted octanol–water partition coefficient (Wildman–Crippen LogP) is 1.27. The highest BCUT2D eigenvalue weighted by Crippen LogP contribution is 2.19. The van der Waals surface area contributed by atoms with Gasteiger partial charge >= 0.3 is 0 Å². The fourth-order valence-corrected chi connectivity index (χ4v) is 2.57. The lowest BCUT2D eigenvalue weighted by atomic mass is 10.0. The molecule has 1 amide bonds. The summed E-state index contributed by atoms with van der Waals surface area (Å²) >= 11 is 0. The summed E-state index contributed by atoms with van der Waals surface area (Å²) in [6.45, 7) is 4.11. The maximum Gasteiger partial charge on any atom is 0.240 e. The minimum atomic E-state index is -0.599. The highest BCUT2D eigenvalue weighted by atomic mass is 16.3. The van der Waals surface area contributed by atoms with Crippen LogP contribution in [0.5, 0.6) is 0 Å². The van der Waals surface area contributed by atoms with Crippen molar-refractivity contribution in [2.75, 3.05) is 13.2 Å². The second-order valence-corrected chi connectivity index (χ2v) is 5.52. The summed E-state index contributed by atoms with van der Waals surface area (Å²) in [5.74, 6) is -0.121. The van der Waals surface area contributed by atoms with Crippen LogP contribution in [-0.4, -0.2) is 46.1 Å². The molecule has 0 fully saturated rings. The van der Waals surface area contributed by atoms with Gasteiger partial charge < -0.3 is 20.7 Å². The first-order valence-electron chi connectivity index (χ1n) is 7.26. The number of benzene rings is 1. The van der Waals surface area contributed by atoms with Crippen LogP contribution < -0.4 is 5.73 Å². The van der Waals surface area contributed by atoms with E-state index < -0.39 is 6.04 Å². The largest absolute Gasteiger partial charge is 0.395 e. The first-order chi connectivity index (χ1) is 10.0. The summed E-state index contributed by atoms with van der Waals surface area (Å²) in [7, 11) is 0. The zero-order valence-corrected chi connectivity index (χ0v) is 12.5. The van der Waals surface area contributed by atoms with Crippen molar-refractivity contribution >= 4 is 16.8 Å². The third-order valence-electron chi connectivity index (χ3n) is 3.68. The highest BCUT2D eigenvalue weighted by molar-refractivity contribution is 5.86. The number of nitrogens with zero attached hydrogens (tertiary/aromatic N) is 1. The number of aromatic amines is 1. The Morgan fingerprint density at radius 2 is 2.10 bits per heavy atom. The summed E-state index contributed by atoms with van der Waals surface area (Å²) in [4.78, 5) is 17.2. The molecule has 2 aromatic rings. The van der Waals surface area contributed by atoms with Crippen LogP contribution in [0.4, 0.5) is 0 Å². The molecule has 1 aromatic carbocycles. The molecule has 0 aliphatic heterocycles. The van der Waals surface area contributed by atoms with Gasteiger partial charge in [-0.15, -0.1) is 0 Å². The molecule has 0 saturated heterocycles. The molecule has 4 N–H and O–H groups in total. The van der Waals surface area contributed by atoms with E-state index in [4.69, 9.17) is 10.8 Å². The lowest BCUT2D eigenvalue weighted by molar-refractivity contribution is -0.134. The number of carbonyl (C=O) groups excluding carboxylic acids is 1. The van der Waals surface area contributed by atoms with E-state index in [1.54, 1.807) is 4.90 Å². The number of fused-ring (bicyclic) bond motifs is 1. The average Bonchev–Trinajstić information content (AvgIpc) is 2.87. The van der Waals surface area contributed by atoms with Crippen LogP contribution >= 0.6 is 0 Å². The van der Waals surface area contributed by atoms with Crippen molar-refractivity contribution < 1.29 is 9.90 Å². The molecule has 1 unspecified atom stereocenters. The monoisotopic (exact) mass is 289 g/mol. The van der Waals surface area contributed by atoms with Crippen molar-refractivity contribution in [2.45, 2.75) is 32.4 Å². The molecule has 5 heteroatoms. The lowest BCUT2D eigenvalue weighted by Gasteiger charge is -2.28.